The highest BCUT2D eigenvalue weighted by Gasteiger charge is 2.39. The van der Waals surface area contributed by atoms with Crippen LogP contribution in [-0.2, 0) is 16.0 Å². The Hall–Kier alpha value is -1.98. The molecule has 0 aromatic heterocycles. The highest BCUT2D eigenvalue weighted by Crippen LogP contribution is 2.36. The van der Waals surface area contributed by atoms with Gasteiger partial charge in [0.15, 0.2) is 0 Å². The van der Waals surface area contributed by atoms with Gasteiger partial charge in [-0.25, -0.2) is 8.78 Å². The Morgan fingerprint density at radius 2 is 1.86 bits per heavy atom. The van der Waals surface area contributed by atoms with Gasteiger partial charge in [0.2, 0.25) is 5.91 Å². The minimum atomic E-state index is -0.921. The highest BCUT2D eigenvalue weighted by atomic mass is 19.1. The molecule has 1 amide bonds. The zero-order chi connectivity index (χ0) is 16.2. The molecule has 0 radical (unpaired) electrons. The first-order valence-electron chi connectivity index (χ1n) is 7.37. The third kappa shape index (κ3) is 3.81. The SMILES string of the molecule is O=C(Cc1ccc(F)cc1F)NCC1(C(=O)O)CCCCC1. The van der Waals surface area contributed by atoms with Gasteiger partial charge < -0.3 is 10.4 Å². The van der Waals surface area contributed by atoms with Gasteiger partial charge in [-0.2, -0.15) is 0 Å². The van der Waals surface area contributed by atoms with Crippen LogP contribution in [0.4, 0.5) is 8.78 Å². The molecule has 0 heterocycles. The van der Waals surface area contributed by atoms with Crippen LogP contribution in [0.25, 0.3) is 0 Å². The Balaban J connectivity index is 1.95. The van der Waals surface area contributed by atoms with Crippen molar-refractivity contribution in [1.29, 1.82) is 0 Å². The normalized spacial score (nSPS) is 17.0. The molecule has 1 aliphatic carbocycles. The van der Waals surface area contributed by atoms with Gasteiger partial charge in [-0.1, -0.05) is 25.3 Å². The first kappa shape index (κ1) is 16.4. The number of nitrogens with one attached hydrogen (secondary N) is 1. The molecule has 1 aliphatic rings. The van der Waals surface area contributed by atoms with Crippen molar-refractivity contribution in [3.05, 3.63) is 35.4 Å². The van der Waals surface area contributed by atoms with Crippen LogP contribution in [0.1, 0.15) is 37.7 Å². The fraction of sp³-hybridized carbons (Fsp3) is 0.500. The number of hydrogen-bond donors (Lipinski definition) is 2. The van der Waals surface area contributed by atoms with E-state index in [0.29, 0.717) is 12.8 Å². The van der Waals surface area contributed by atoms with Gasteiger partial charge in [0, 0.05) is 12.6 Å². The molecule has 1 fully saturated rings. The Morgan fingerprint density at radius 1 is 1.18 bits per heavy atom. The Bertz CT molecular complexity index is 569. The minimum absolute atomic E-state index is 0.0456. The molecule has 4 nitrogen and oxygen atoms in total. The van der Waals surface area contributed by atoms with Crippen molar-refractivity contribution >= 4 is 11.9 Å². The smallest absolute Gasteiger partial charge is 0.311 e. The molecule has 0 saturated heterocycles. The molecule has 0 atom stereocenters. The van der Waals surface area contributed by atoms with Crippen LogP contribution in [0.2, 0.25) is 0 Å². The van der Waals surface area contributed by atoms with Crippen molar-refractivity contribution in [2.45, 2.75) is 38.5 Å². The molecule has 1 aromatic carbocycles. The summed E-state index contributed by atoms with van der Waals surface area (Å²) in [4.78, 5) is 23.4. The number of rotatable bonds is 5. The van der Waals surface area contributed by atoms with E-state index in [4.69, 9.17) is 0 Å². The van der Waals surface area contributed by atoms with Gasteiger partial charge in [-0.05, 0) is 24.5 Å². The van der Waals surface area contributed by atoms with Crippen LogP contribution in [0.5, 0.6) is 0 Å². The molecule has 0 unspecified atom stereocenters. The lowest BCUT2D eigenvalue weighted by Gasteiger charge is -2.33. The summed E-state index contributed by atoms with van der Waals surface area (Å²) in [6.07, 6.45) is 3.50. The molecule has 2 rings (SSSR count). The van der Waals surface area contributed by atoms with E-state index in [1.54, 1.807) is 0 Å². The summed E-state index contributed by atoms with van der Waals surface area (Å²) in [6.45, 7) is 0.0456. The Kier molecular flexibility index (Phi) is 5.11. The molecule has 120 valence electrons. The molecule has 6 heteroatoms. The summed E-state index contributed by atoms with van der Waals surface area (Å²) in [5.74, 6) is -2.84. The Labute approximate surface area is 127 Å². The van der Waals surface area contributed by atoms with Crippen molar-refractivity contribution in [3.8, 4) is 0 Å². The van der Waals surface area contributed by atoms with Gasteiger partial charge >= 0.3 is 5.97 Å². The number of halogens is 2. The predicted molar refractivity (Wildman–Crippen MR) is 76.2 cm³/mol. The maximum absolute atomic E-state index is 13.5. The van der Waals surface area contributed by atoms with E-state index in [1.165, 1.54) is 6.07 Å². The van der Waals surface area contributed by atoms with E-state index in [1.807, 2.05) is 0 Å². The average molecular weight is 311 g/mol. The van der Waals surface area contributed by atoms with Crippen molar-refractivity contribution in [1.82, 2.24) is 5.32 Å². The number of carboxylic acids is 1. The number of hydrogen-bond acceptors (Lipinski definition) is 2. The van der Waals surface area contributed by atoms with Gasteiger partial charge in [0.05, 0.1) is 11.8 Å². The minimum Gasteiger partial charge on any atom is -0.481 e. The van der Waals surface area contributed by atoms with Crippen molar-refractivity contribution in [2.24, 2.45) is 5.41 Å². The van der Waals surface area contributed by atoms with E-state index in [9.17, 15) is 23.5 Å². The van der Waals surface area contributed by atoms with E-state index in [-0.39, 0.29) is 18.5 Å². The molecule has 0 aliphatic heterocycles. The first-order valence-corrected chi connectivity index (χ1v) is 7.37. The molecule has 22 heavy (non-hydrogen) atoms. The quantitative estimate of drug-likeness (QED) is 0.878. The van der Waals surface area contributed by atoms with Crippen LogP contribution >= 0.6 is 0 Å². The highest BCUT2D eigenvalue weighted by molar-refractivity contribution is 5.80. The topological polar surface area (TPSA) is 66.4 Å². The second-order valence-corrected chi connectivity index (χ2v) is 5.84. The van der Waals surface area contributed by atoms with Crippen LogP contribution in [0, 0.1) is 17.0 Å². The zero-order valence-corrected chi connectivity index (χ0v) is 12.2. The summed E-state index contributed by atoms with van der Waals surface area (Å²) in [7, 11) is 0. The maximum Gasteiger partial charge on any atom is 0.311 e. The second kappa shape index (κ2) is 6.85. The zero-order valence-electron chi connectivity index (χ0n) is 12.2. The van der Waals surface area contributed by atoms with Crippen LogP contribution < -0.4 is 5.32 Å². The van der Waals surface area contributed by atoms with E-state index < -0.39 is 28.9 Å². The standard InChI is InChI=1S/C16H19F2NO3/c17-12-5-4-11(13(18)9-12)8-14(20)19-10-16(15(21)22)6-2-1-3-7-16/h4-5,9H,1-3,6-8,10H2,(H,19,20)(H,21,22). The predicted octanol–water partition coefficient (Wildman–Crippen LogP) is 2.66. The van der Waals surface area contributed by atoms with E-state index in [0.717, 1.165) is 31.4 Å². The van der Waals surface area contributed by atoms with Crippen molar-refractivity contribution in [3.63, 3.8) is 0 Å². The lowest BCUT2D eigenvalue weighted by atomic mass is 9.74. The number of carbonyl (C=O) groups is 2. The third-order valence-electron chi connectivity index (χ3n) is 4.25. The van der Waals surface area contributed by atoms with Gasteiger partial charge in [-0.15, -0.1) is 0 Å². The lowest BCUT2D eigenvalue weighted by Crippen LogP contribution is -2.44. The van der Waals surface area contributed by atoms with Crippen molar-refractivity contribution in [2.75, 3.05) is 6.54 Å². The van der Waals surface area contributed by atoms with Crippen LogP contribution in [-0.4, -0.2) is 23.5 Å². The largest absolute Gasteiger partial charge is 0.481 e. The molecular formula is C16H19F2NO3. The fourth-order valence-electron chi connectivity index (χ4n) is 2.86. The number of benzene rings is 1. The van der Waals surface area contributed by atoms with E-state index in [2.05, 4.69) is 5.32 Å². The molecular weight excluding hydrogens is 292 g/mol. The number of aliphatic carboxylic acids is 1. The summed E-state index contributed by atoms with van der Waals surface area (Å²) < 4.78 is 26.3. The lowest BCUT2D eigenvalue weighted by molar-refractivity contribution is -0.151. The van der Waals surface area contributed by atoms with Crippen LogP contribution in [0.3, 0.4) is 0 Å². The van der Waals surface area contributed by atoms with Crippen molar-refractivity contribution < 1.29 is 23.5 Å². The molecule has 1 aromatic rings. The van der Waals surface area contributed by atoms with Gasteiger partial charge in [0.1, 0.15) is 11.6 Å². The second-order valence-electron chi connectivity index (χ2n) is 5.84. The van der Waals surface area contributed by atoms with E-state index >= 15 is 0 Å². The number of amides is 1. The summed E-state index contributed by atoms with van der Waals surface area (Å²) in [5.41, 5.74) is -0.832. The summed E-state index contributed by atoms with van der Waals surface area (Å²) in [6, 6.07) is 3.03. The molecule has 1 saturated carbocycles. The maximum atomic E-state index is 13.5. The van der Waals surface area contributed by atoms with Gasteiger partial charge in [0.25, 0.3) is 0 Å². The summed E-state index contributed by atoms with van der Waals surface area (Å²) >= 11 is 0. The third-order valence-corrected chi connectivity index (χ3v) is 4.25. The van der Waals surface area contributed by atoms with Gasteiger partial charge in [-0.3, -0.25) is 9.59 Å². The molecule has 0 bridgehead atoms. The number of carbonyl (C=O) groups excluding carboxylic acids is 1. The van der Waals surface area contributed by atoms with Crippen LogP contribution in [0.15, 0.2) is 18.2 Å². The molecule has 2 N–H and O–H groups in total. The average Bonchev–Trinajstić information content (AvgIpc) is 2.49. The summed E-state index contributed by atoms with van der Waals surface area (Å²) in [5, 5.41) is 12.0. The number of carboxylic acid groups (broad SMARTS) is 1. The molecule has 0 spiro atoms. The fourth-order valence-corrected chi connectivity index (χ4v) is 2.86. The first-order chi connectivity index (χ1) is 10.4. The Morgan fingerprint density at radius 3 is 2.45 bits per heavy atom. The monoisotopic (exact) mass is 311 g/mol.